The second-order valence-electron chi connectivity index (χ2n) is 14.2. The number of benzene rings is 6. The normalized spacial score (nSPS) is 11.4. The van der Waals surface area contributed by atoms with Gasteiger partial charge in [0.25, 0.3) is 0 Å². The molecule has 0 atom stereocenters. The molecular formula is C54H39N7. The summed E-state index contributed by atoms with van der Waals surface area (Å²) in [5, 5.41) is 0. The maximum absolute atomic E-state index is 4.33. The summed E-state index contributed by atoms with van der Waals surface area (Å²) >= 11 is 0. The maximum atomic E-state index is 4.33. The third-order valence-corrected chi connectivity index (χ3v) is 10.2. The van der Waals surface area contributed by atoms with E-state index in [-0.39, 0.29) is 0 Å². The lowest BCUT2D eigenvalue weighted by atomic mass is 10.0. The van der Waals surface area contributed by atoms with E-state index in [0.717, 1.165) is 84.2 Å². The van der Waals surface area contributed by atoms with E-state index < -0.39 is 0 Å². The maximum Gasteiger partial charge on any atom is 0.0813 e. The molecule has 290 valence electrons. The zero-order valence-electron chi connectivity index (χ0n) is 33.1. The van der Waals surface area contributed by atoms with E-state index in [1.54, 1.807) is 55.8 Å². The quantitative estimate of drug-likeness (QED) is 0.122. The Balaban J connectivity index is 0.967. The first-order valence-corrected chi connectivity index (χ1v) is 19.9. The van der Waals surface area contributed by atoms with Crippen molar-refractivity contribution in [2.24, 2.45) is 0 Å². The molecule has 61 heavy (non-hydrogen) atoms. The van der Waals surface area contributed by atoms with Crippen molar-refractivity contribution >= 4 is 53.5 Å². The standard InChI is InChI=1S/C54H39N7/c1-10-43(11-2-40(1)7-22-49-37-55-31-34-58-49)46-16-25-52(26-17-46)61(53-27-18-47(19-28-53)44-12-3-41(4-13-44)8-23-50-38-56-32-35-59-50)54-29-20-48(21-30-54)45-14-5-42(6-15-45)9-24-51-39-57-33-36-60-51/h1-39H. The van der Waals surface area contributed by atoms with Gasteiger partial charge in [-0.05, 0) is 105 Å². The molecule has 0 aliphatic rings. The van der Waals surface area contributed by atoms with Gasteiger partial charge in [-0.1, -0.05) is 127 Å². The highest BCUT2D eigenvalue weighted by Gasteiger charge is 2.14. The highest BCUT2D eigenvalue weighted by Crippen LogP contribution is 2.38. The van der Waals surface area contributed by atoms with E-state index in [0.29, 0.717) is 0 Å². The molecule has 0 unspecified atom stereocenters. The van der Waals surface area contributed by atoms with Crippen LogP contribution in [0.25, 0.3) is 69.8 Å². The van der Waals surface area contributed by atoms with Crippen molar-refractivity contribution in [3.05, 3.63) is 235 Å². The van der Waals surface area contributed by atoms with Gasteiger partial charge in [0.05, 0.1) is 35.7 Å². The van der Waals surface area contributed by atoms with Gasteiger partial charge in [-0.2, -0.15) is 0 Å². The van der Waals surface area contributed by atoms with Gasteiger partial charge in [0.1, 0.15) is 0 Å². The lowest BCUT2D eigenvalue weighted by molar-refractivity contribution is 1.18. The summed E-state index contributed by atoms with van der Waals surface area (Å²) in [5.74, 6) is 0. The summed E-state index contributed by atoms with van der Waals surface area (Å²) in [6, 6.07) is 52.0. The van der Waals surface area contributed by atoms with Crippen LogP contribution in [0, 0.1) is 0 Å². The Hall–Kier alpha value is -8.42. The average molecular weight is 786 g/mol. The Kier molecular flexibility index (Phi) is 11.5. The van der Waals surface area contributed by atoms with Gasteiger partial charge in [-0.15, -0.1) is 0 Å². The molecule has 0 saturated carbocycles. The van der Waals surface area contributed by atoms with E-state index in [1.165, 1.54) is 0 Å². The number of hydrogen-bond acceptors (Lipinski definition) is 7. The number of anilines is 3. The molecule has 9 aromatic rings. The van der Waals surface area contributed by atoms with Crippen LogP contribution in [0.2, 0.25) is 0 Å². The van der Waals surface area contributed by atoms with Crippen LogP contribution in [0.5, 0.6) is 0 Å². The summed E-state index contributed by atoms with van der Waals surface area (Å²) in [4.78, 5) is 27.7. The molecular weight excluding hydrogens is 747 g/mol. The van der Waals surface area contributed by atoms with Crippen molar-refractivity contribution in [2.45, 2.75) is 0 Å². The van der Waals surface area contributed by atoms with Crippen LogP contribution in [-0.2, 0) is 0 Å². The van der Waals surface area contributed by atoms with Crippen LogP contribution < -0.4 is 4.90 Å². The molecule has 6 aromatic carbocycles. The van der Waals surface area contributed by atoms with Crippen molar-refractivity contribution in [3.63, 3.8) is 0 Å². The zero-order valence-corrected chi connectivity index (χ0v) is 33.1. The Morgan fingerprint density at radius 3 is 0.738 bits per heavy atom. The number of hydrogen-bond donors (Lipinski definition) is 0. The molecule has 0 aliphatic heterocycles. The van der Waals surface area contributed by atoms with Gasteiger partial charge in [-0.3, -0.25) is 29.9 Å². The minimum atomic E-state index is 0.826. The van der Waals surface area contributed by atoms with Crippen molar-refractivity contribution in [1.82, 2.24) is 29.9 Å². The molecule has 0 N–H and O–H groups in total. The molecule has 9 rings (SSSR count). The van der Waals surface area contributed by atoms with Gasteiger partial charge in [0, 0.05) is 54.2 Å². The van der Waals surface area contributed by atoms with E-state index in [4.69, 9.17) is 0 Å². The van der Waals surface area contributed by atoms with Crippen molar-refractivity contribution in [1.29, 1.82) is 0 Å². The molecule has 3 heterocycles. The van der Waals surface area contributed by atoms with Crippen molar-refractivity contribution < 1.29 is 0 Å². The van der Waals surface area contributed by atoms with Crippen LogP contribution in [-0.4, -0.2) is 29.9 Å². The topological polar surface area (TPSA) is 80.6 Å². The molecule has 0 amide bonds. The van der Waals surface area contributed by atoms with Gasteiger partial charge >= 0.3 is 0 Å². The SMILES string of the molecule is C(=Cc1cnccn1)c1ccc(-c2ccc(N(c3ccc(-c4ccc(C=Cc5cnccn5)cc4)cc3)c3ccc(-c4ccc(C=Cc5cnccn5)cc4)cc3)cc2)cc1. The van der Waals surface area contributed by atoms with Crippen LogP contribution in [0.3, 0.4) is 0 Å². The summed E-state index contributed by atoms with van der Waals surface area (Å²) in [7, 11) is 0. The summed E-state index contributed by atoms with van der Waals surface area (Å²) in [6.45, 7) is 0. The minimum absolute atomic E-state index is 0.826. The second-order valence-corrected chi connectivity index (χ2v) is 14.2. The fraction of sp³-hybridized carbons (Fsp3) is 0. The smallest absolute Gasteiger partial charge is 0.0813 e. The third-order valence-electron chi connectivity index (χ3n) is 10.2. The van der Waals surface area contributed by atoms with Crippen LogP contribution in [0.1, 0.15) is 33.8 Å². The molecule has 0 radical (unpaired) electrons. The van der Waals surface area contributed by atoms with Crippen LogP contribution in [0.15, 0.2) is 201 Å². The molecule has 0 fully saturated rings. The molecule has 3 aromatic heterocycles. The van der Waals surface area contributed by atoms with Crippen LogP contribution >= 0.6 is 0 Å². The molecule has 0 spiro atoms. The summed E-state index contributed by atoms with van der Waals surface area (Å²) < 4.78 is 0. The van der Waals surface area contributed by atoms with Gasteiger partial charge in [0.15, 0.2) is 0 Å². The van der Waals surface area contributed by atoms with Crippen molar-refractivity contribution in [2.75, 3.05) is 4.90 Å². The van der Waals surface area contributed by atoms with Crippen molar-refractivity contribution in [3.8, 4) is 33.4 Å². The van der Waals surface area contributed by atoms with Crippen LogP contribution in [0.4, 0.5) is 17.1 Å². The number of aromatic nitrogens is 6. The predicted octanol–water partition coefficient (Wildman–Crippen LogP) is 13.0. The van der Waals surface area contributed by atoms with Gasteiger partial charge < -0.3 is 4.90 Å². The molecule has 0 saturated heterocycles. The number of nitrogens with zero attached hydrogens (tertiary/aromatic N) is 7. The first-order chi connectivity index (χ1) is 30.2. The monoisotopic (exact) mass is 785 g/mol. The zero-order chi connectivity index (χ0) is 41.1. The average Bonchev–Trinajstić information content (AvgIpc) is 3.34. The largest absolute Gasteiger partial charge is 0.311 e. The minimum Gasteiger partial charge on any atom is -0.311 e. The van der Waals surface area contributed by atoms with Gasteiger partial charge in [-0.25, -0.2) is 0 Å². The fourth-order valence-electron chi connectivity index (χ4n) is 6.95. The van der Waals surface area contributed by atoms with E-state index in [2.05, 4.69) is 199 Å². The summed E-state index contributed by atoms with van der Waals surface area (Å²) in [6.07, 6.45) is 27.5. The first kappa shape index (κ1) is 38.1. The predicted molar refractivity (Wildman–Crippen MR) is 250 cm³/mol. The van der Waals surface area contributed by atoms with Gasteiger partial charge in [0.2, 0.25) is 0 Å². The molecule has 0 aliphatic carbocycles. The Labute approximate surface area is 355 Å². The molecule has 7 heteroatoms. The van der Waals surface area contributed by atoms with E-state index >= 15 is 0 Å². The second kappa shape index (κ2) is 18.4. The Morgan fingerprint density at radius 1 is 0.262 bits per heavy atom. The Morgan fingerprint density at radius 2 is 0.508 bits per heavy atom. The third kappa shape index (κ3) is 9.66. The lowest BCUT2D eigenvalue weighted by Gasteiger charge is -2.26. The lowest BCUT2D eigenvalue weighted by Crippen LogP contribution is -2.09. The fourth-order valence-corrected chi connectivity index (χ4v) is 6.95. The molecule has 0 bridgehead atoms. The highest BCUT2D eigenvalue weighted by atomic mass is 15.1. The molecule has 7 nitrogen and oxygen atoms in total. The summed E-state index contributed by atoms with van der Waals surface area (Å²) in [5.41, 5.74) is 15.8. The highest BCUT2D eigenvalue weighted by molar-refractivity contribution is 5.82. The number of rotatable bonds is 12. The first-order valence-electron chi connectivity index (χ1n) is 19.9. The van der Waals surface area contributed by atoms with E-state index in [9.17, 15) is 0 Å². The van der Waals surface area contributed by atoms with E-state index in [1.807, 2.05) is 18.2 Å². The Bertz CT molecular complexity index is 2550.